The Balaban J connectivity index is 1.89. The number of carbonyl (C=O) groups excluding carboxylic acids is 2. The Kier molecular flexibility index (Phi) is 15.0. The van der Waals surface area contributed by atoms with Crippen molar-refractivity contribution in [3.8, 4) is 0 Å². The summed E-state index contributed by atoms with van der Waals surface area (Å²) in [6, 6.07) is -0.805. The van der Waals surface area contributed by atoms with Gasteiger partial charge >= 0.3 is 5.97 Å². The lowest BCUT2D eigenvalue weighted by molar-refractivity contribution is -0.209. The molecule has 0 radical (unpaired) electrons. The van der Waals surface area contributed by atoms with Gasteiger partial charge in [-0.05, 0) is 38.5 Å². The maximum atomic E-state index is 13.7. The lowest BCUT2D eigenvalue weighted by Gasteiger charge is -2.46. The zero-order chi connectivity index (χ0) is 25.3. The molecular formula is C27H50N4O4. The predicted molar refractivity (Wildman–Crippen MR) is 138 cm³/mol. The predicted octanol–water partition coefficient (Wildman–Crippen LogP) is 4.89. The molecule has 2 rings (SSSR count). The summed E-state index contributed by atoms with van der Waals surface area (Å²) in [6.07, 6.45) is 17.5. The number of carboxylic acid groups (broad SMARTS) is 1. The highest BCUT2D eigenvalue weighted by atomic mass is 16.4. The first-order valence-electron chi connectivity index (χ1n) is 14.4. The third-order valence-electron chi connectivity index (χ3n) is 7.19. The number of carboxylic acids is 1. The number of hydrogen-bond acceptors (Lipinski definition) is 5. The smallest absolute Gasteiger partial charge is 0.303 e. The summed E-state index contributed by atoms with van der Waals surface area (Å²) < 4.78 is 0. The van der Waals surface area contributed by atoms with Crippen molar-refractivity contribution in [1.29, 1.82) is 0 Å². The minimum atomic E-state index is -0.946. The van der Waals surface area contributed by atoms with Gasteiger partial charge in [-0.15, -0.1) is 0 Å². The molecule has 2 N–H and O–H groups in total. The molecule has 2 saturated heterocycles. The van der Waals surface area contributed by atoms with Crippen molar-refractivity contribution in [3.63, 3.8) is 0 Å². The summed E-state index contributed by atoms with van der Waals surface area (Å²) in [6.45, 7) is 5.50. The summed E-state index contributed by atoms with van der Waals surface area (Å²) in [5.41, 5.74) is 0. The van der Waals surface area contributed by atoms with Crippen molar-refractivity contribution in [2.75, 3.05) is 26.2 Å². The van der Waals surface area contributed by atoms with Crippen molar-refractivity contribution >= 4 is 17.8 Å². The van der Waals surface area contributed by atoms with Gasteiger partial charge in [0.2, 0.25) is 5.91 Å². The molecule has 0 aliphatic carbocycles. The van der Waals surface area contributed by atoms with Gasteiger partial charge in [-0.3, -0.25) is 14.4 Å². The Hall–Kier alpha value is -1.67. The largest absolute Gasteiger partial charge is 0.481 e. The Labute approximate surface area is 212 Å². The van der Waals surface area contributed by atoms with E-state index in [1.54, 1.807) is 5.12 Å². The molecule has 8 nitrogen and oxygen atoms in total. The van der Waals surface area contributed by atoms with Gasteiger partial charge in [-0.25, -0.2) is 15.1 Å². The first-order chi connectivity index (χ1) is 17.0. The van der Waals surface area contributed by atoms with Crippen molar-refractivity contribution in [2.24, 2.45) is 0 Å². The van der Waals surface area contributed by atoms with E-state index in [1.807, 2.05) is 0 Å². The standard InChI is InChI=1S/C27H50N4O4/c1-2-3-4-5-6-7-8-9-12-17-25(32)28-24(18-19-26(33)34)27(35)31(29-20-13-10-14-21-29)30-22-15-11-16-23-30/h24H,2-23H2,1H3,(H,28,32)(H,33,34)/t24-/m0/s1. The molecule has 8 heteroatoms. The number of hydrogen-bond donors (Lipinski definition) is 2. The maximum Gasteiger partial charge on any atom is 0.303 e. The van der Waals surface area contributed by atoms with Crippen molar-refractivity contribution < 1.29 is 19.5 Å². The zero-order valence-electron chi connectivity index (χ0n) is 22.1. The van der Waals surface area contributed by atoms with Crippen molar-refractivity contribution in [2.45, 2.75) is 129 Å². The fourth-order valence-corrected chi connectivity index (χ4v) is 5.12. The van der Waals surface area contributed by atoms with Gasteiger partial charge in [0.25, 0.3) is 5.91 Å². The van der Waals surface area contributed by atoms with E-state index in [-0.39, 0.29) is 24.7 Å². The lowest BCUT2D eigenvalue weighted by Crippen LogP contribution is -2.63. The van der Waals surface area contributed by atoms with Crippen LogP contribution in [0.1, 0.15) is 122 Å². The summed E-state index contributed by atoms with van der Waals surface area (Å²) >= 11 is 0. The van der Waals surface area contributed by atoms with Crippen molar-refractivity contribution in [1.82, 2.24) is 20.5 Å². The summed E-state index contributed by atoms with van der Waals surface area (Å²) in [5.74, 6) is -1.28. The molecule has 2 fully saturated rings. The molecule has 0 aromatic heterocycles. The van der Waals surface area contributed by atoms with Gasteiger partial charge in [-0.2, -0.15) is 0 Å². The van der Waals surface area contributed by atoms with E-state index in [2.05, 4.69) is 22.3 Å². The molecular weight excluding hydrogens is 444 g/mol. The Bertz CT molecular complexity index is 600. The second kappa shape index (κ2) is 17.7. The van der Waals surface area contributed by atoms with Crippen LogP contribution in [0, 0.1) is 0 Å². The van der Waals surface area contributed by atoms with Gasteiger partial charge in [-0.1, -0.05) is 71.1 Å². The number of amides is 2. The first-order valence-corrected chi connectivity index (χ1v) is 14.4. The Morgan fingerprint density at radius 2 is 1.23 bits per heavy atom. The number of carbonyl (C=O) groups is 3. The molecule has 0 bridgehead atoms. The van der Waals surface area contributed by atoms with E-state index >= 15 is 0 Å². The molecule has 2 amide bonds. The number of hydrazine groups is 2. The minimum absolute atomic E-state index is 0.121. The fraction of sp³-hybridized carbons (Fsp3) is 0.889. The van der Waals surface area contributed by atoms with Crippen LogP contribution in [0.25, 0.3) is 0 Å². The average molecular weight is 495 g/mol. The highest BCUT2D eigenvalue weighted by molar-refractivity contribution is 5.87. The normalized spacial score (nSPS) is 18.2. The molecule has 1 atom stereocenters. The van der Waals surface area contributed by atoms with Gasteiger partial charge in [0, 0.05) is 39.0 Å². The molecule has 0 aromatic rings. The third kappa shape index (κ3) is 11.7. The van der Waals surface area contributed by atoms with Crippen molar-refractivity contribution in [3.05, 3.63) is 0 Å². The second-order valence-corrected chi connectivity index (χ2v) is 10.3. The van der Waals surface area contributed by atoms with Crippen LogP contribution in [-0.2, 0) is 14.4 Å². The highest BCUT2D eigenvalue weighted by Crippen LogP contribution is 2.20. The van der Waals surface area contributed by atoms with E-state index in [1.165, 1.54) is 38.5 Å². The molecule has 35 heavy (non-hydrogen) atoms. The average Bonchev–Trinajstić information content (AvgIpc) is 2.87. The fourth-order valence-electron chi connectivity index (χ4n) is 5.12. The van der Waals surface area contributed by atoms with Crippen LogP contribution in [-0.4, -0.2) is 70.2 Å². The van der Waals surface area contributed by atoms with E-state index in [9.17, 15) is 19.5 Å². The number of aliphatic carboxylic acids is 1. The molecule has 2 aliphatic rings. The van der Waals surface area contributed by atoms with Crippen LogP contribution in [0.4, 0.5) is 0 Å². The molecule has 0 aromatic carbocycles. The zero-order valence-corrected chi connectivity index (χ0v) is 22.1. The lowest BCUT2D eigenvalue weighted by atomic mass is 10.1. The quantitative estimate of drug-likeness (QED) is 0.280. The highest BCUT2D eigenvalue weighted by Gasteiger charge is 2.35. The Morgan fingerprint density at radius 3 is 1.71 bits per heavy atom. The van der Waals surface area contributed by atoms with E-state index in [4.69, 9.17) is 0 Å². The molecule has 202 valence electrons. The van der Waals surface area contributed by atoms with Crippen LogP contribution in [0.3, 0.4) is 0 Å². The number of unbranched alkanes of at least 4 members (excludes halogenated alkanes) is 8. The number of nitrogens with zero attached hydrogens (tertiary/aromatic N) is 3. The summed E-state index contributed by atoms with van der Waals surface area (Å²) in [4.78, 5) is 37.8. The summed E-state index contributed by atoms with van der Waals surface area (Å²) in [5, 5.41) is 18.1. The van der Waals surface area contributed by atoms with E-state index in [0.717, 1.165) is 84.0 Å². The SMILES string of the molecule is CCCCCCCCCCCC(=O)N[C@@H](CCC(=O)O)C(=O)N(N1CCCCC1)N1CCCCC1. The molecule has 0 unspecified atom stereocenters. The van der Waals surface area contributed by atoms with Crippen LogP contribution in [0.15, 0.2) is 0 Å². The van der Waals surface area contributed by atoms with Gasteiger partial charge in [0.1, 0.15) is 6.04 Å². The van der Waals surface area contributed by atoms with Crippen LogP contribution < -0.4 is 5.32 Å². The van der Waals surface area contributed by atoms with Gasteiger partial charge in [0.05, 0.1) is 0 Å². The number of nitrogens with one attached hydrogen (secondary N) is 1. The number of piperidine rings is 2. The third-order valence-corrected chi connectivity index (χ3v) is 7.19. The maximum absolute atomic E-state index is 13.7. The minimum Gasteiger partial charge on any atom is -0.481 e. The molecule has 0 spiro atoms. The second-order valence-electron chi connectivity index (χ2n) is 10.3. The van der Waals surface area contributed by atoms with Crippen LogP contribution in [0.5, 0.6) is 0 Å². The molecule has 2 heterocycles. The van der Waals surface area contributed by atoms with Gasteiger partial charge in [0.15, 0.2) is 0 Å². The monoisotopic (exact) mass is 494 g/mol. The molecule has 2 aliphatic heterocycles. The van der Waals surface area contributed by atoms with E-state index in [0.29, 0.717) is 6.42 Å². The summed E-state index contributed by atoms with van der Waals surface area (Å²) in [7, 11) is 0. The number of rotatable bonds is 17. The van der Waals surface area contributed by atoms with Crippen LogP contribution >= 0.6 is 0 Å². The van der Waals surface area contributed by atoms with Crippen LogP contribution in [0.2, 0.25) is 0 Å². The Morgan fingerprint density at radius 1 is 0.743 bits per heavy atom. The first kappa shape index (κ1) is 29.6. The topological polar surface area (TPSA) is 93.2 Å². The van der Waals surface area contributed by atoms with Gasteiger partial charge < -0.3 is 10.4 Å². The molecule has 0 saturated carbocycles. The van der Waals surface area contributed by atoms with E-state index < -0.39 is 12.0 Å².